The van der Waals surface area contributed by atoms with Crippen molar-refractivity contribution in [3.8, 4) is 0 Å². The third-order valence-electron chi connectivity index (χ3n) is 3.02. The summed E-state index contributed by atoms with van der Waals surface area (Å²) in [6.07, 6.45) is 6.13. The smallest absolute Gasteiger partial charge is 0.234 e. The zero-order chi connectivity index (χ0) is 8.32. The highest BCUT2D eigenvalue weighted by Crippen LogP contribution is 2.37. The molecule has 1 heteroatoms. The first-order valence-electron chi connectivity index (χ1n) is 4.60. The highest BCUT2D eigenvalue weighted by Gasteiger charge is 2.41. The maximum absolute atomic E-state index is 7.20. The van der Waals surface area contributed by atoms with Crippen LogP contribution < -0.4 is 0 Å². The zero-order valence-corrected chi connectivity index (χ0v) is 7.56. The fourth-order valence-corrected chi connectivity index (χ4v) is 1.98. The summed E-state index contributed by atoms with van der Waals surface area (Å²) >= 11 is 0. The number of hydrogen-bond donors (Lipinski definition) is 0. The van der Waals surface area contributed by atoms with E-state index in [1.165, 1.54) is 19.3 Å². The van der Waals surface area contributed by atoms with Crippen LogP contribution in [0.15, 0.2) is 0 Å². The summed E-state index contributed by atoms with van der Waals surface area (Å²) < 4.78 is 0. The van der Waals surface area contributed by atoms with E-state index >= 15 is 0 Å². The lowest BCUT2D eigenvalue weighted by atomic mass is 9.75. The van der Waals surface area contributed by atoms with Gasteiger partial charge in [0, 0.05) is 18.8 Å². The van der Waals surface area contributed by atoms with Gasteiger partial charge in [-0.3, -0.25) is 0 Å². The second-order valence-electron chi connectivity index (χ2n) is 3.93. The maximum atomic E-state index is 7.20. The molecular formula is C10H17N. The largest absolute Gasteiger partial charge is 0.310 e. The van der Waals surface area contributed by atoms with E-state index in [2.05, 4.69) is 18.7 Å². The molecule has 0 bridgehead atoms. The van der Waals surface area contributed by atoms with Crippen molar-refractivity contribution in [3.05, 3.63) is 11.4 Å². The van der Waals surface area contributed by atoms with Gasteiger partial charge in [-0.15, -0.1) is 0 Å². The van der Waals surface area contributed by atoms with Gasteiger partial charge < -0.3 is 4.85 Å². The zero-order valence-electron chi connectivity index (χ0n) is 7.56. The second-order valence-corrected chi connectivity index (χ2v) is 3.93. The SMILES string of the molecule is [C-]#[N+]C1(C(C)C)CCCCC1. The van der Waals surface area contributed by atoms with Gasteiger partial charge in [-0.1, -0.05) is 20.3 Å². The van der Waals surface area contributed by atoms with Gasteiger partial charge in [-0.05, 0) is 12.8 Å². The molecule has 0 aromatic heterocycles. The van der Waals surface area contributed by atoms with Crippen LogP contribution in [0.5, 0.6) is 0 Å². The van der Waals surface area contributed by atoms with Gasteiger partial charge in [0.05, 0.1) is 0 Å². The molecule has 0 radical (unpaired) electrons. The lowest BCUT2D eigenvalue weighted by Crippen LogP contribution is -2.33. The van der Waals surface area contributed by atoms with E-state index in [-0.39, 0.29) is 5.54 Å². The van der Waals surface area contributed by atoms with Gasteiger partial charge in [0.2, 0.25) is 5.54 Å². The van der Waals surface area contributed by atoms with Crippen molar-refractivity contribution in [1.29, 1.82) is 0 Å². The molecule has 0 amide bonds. The molecule has 0 spiro atoms. The fourth-order valence-electron chi connectivity index (χ4n) is 1.98. The molecule has 1 saturated carbocycles. The van der Waals surface area contributed by atoms with Crippen molar-refractivity contribution in [2.75, 3.05) is 0 Å². The Bertz CT molecular complexity index is 158. The second kappa shape index (κ2) is 3.26. The van der Waals surface area contributed by atoms with E-state index in [0.29, 0.717) is 5.92 Å². The molecule has 11 heavy (non-hydrogen) atoms. The minimum absolute atomic E-state index is 0.0122. The molecule has 1 fully saturated rings. The van der Waals surface area contributed by atoms with E-state index < -0.39 is 0 Å². The van der Waals surface area contributed by atoms with Crippen molar-refractivity contribution in [1.82, 2.24) is 0 Å². The maximum Gasteiger partial charge on any atom is 0.234 e. The third-order valence-corrected chi connectivity index (χ3v) is 3.02. The normalized spacial score (nSPS) is 23.1. The molecular weight excluding hydrogens is 134 g/mol. The van der Waals surface area contributed by atoms with Gasteiger partial charge in [0.1, 0.15) is 0 Å². The van der Waals surface area contributed by atoms with Crippen LogP contribution >= 0.6 is 0 Å². The Labute approximate surface area is 69.6 Å². The number of nitrogens with zero attached hydrogens (tertiary/aromatic N) is 1. The minimum atomic E-state index is 0.0122. The van der Waals surface area contributed by atoms with Crippen molar-refractivity contribution >= 4 is 0 Å². The molecule has 0 atom stereocenters. The summed E-state index contributed by atoms with van der Waals surface area (Å²) in [5.41, 5.74) is 0.0122. The Morgan fingerprint density at radius 2 is 1.73 bits per heavy atom. The first-order valence-corrected chi connectivity index (χ1v) is 4.60. The fraction of sp³-hybridized carbons (Fsp3) is 0.900. The van der Waals surface area contributed by atoms with E-state index in [1.54, 1.807) is 0 Å². The molecule has 1 aliphatic carbocycles. The molecule has 0 aliphatic heterocycles. The Hall–Kier alpha value is -0.510. The Morgan fingerprint density at radius 1 is 1.18 bits per heavy atom. The lowest BCUT2D eigenvalue weighted by molar-refractivity contribution is 0.268. The first kappa shape index (κ1) is 8.59. The van der Waals surface area contributed by atoms with Crippen molar-refractivity contribution in [2.24, 2.45) is 5.92 Å². The van der Waals surface area contributed by atoms with E-state index in [9.17, 15) is 0 Å². The Morgan fingerprint density at radius 3 is 2.00 bits per heavy atom. The van der Waals surface area contributed by atoms with Gasteiger partial charge >= 0.3 is 0 Å². The molecule has 0 saturated heterocycles. The Kier molecular flexibility index (Phi) is 2.54. The quantitative estimate of drug-likeness (QED) is 0.507. The number of hydrogen-bond acceptors (Lipinski definition) is 0. The van der Waals surface area contributed by atoms with E-state index in [0.717, 1.165) is 12.8 Å². The standard InChI is InChI=1S/C10H17N/c1-9(2)10(11-3)7-5-4-6-8-10/h9H,4-8H2,1-2H3. The van der Waals surface area contributed by atoms with Crippen LogP contribution in [0, 0.1) is 12.5 Å². The molecule has 1 aliphatic rings. The van der Waals surface area contributed by atoms with Gasteiger partial charge in [-0.2, -0.15) is 0 Å². The summed E-state index contributed by atoms with van der Waals surface area (Å²) in [6.45, 7) is 11.6. The molecule has 62 valence electrons. The summed E-state index contributed by atoms with van der Waals surface area (Å²) in [5.74, 6) is 0.542. The molecule has 0 aromatic rings. The van der Waals surface area contributed by atoms with Gasteiger partial charge in [-0.25, -0.2) is 6.57 Å². The van der Waals surface area contributed by atoms with Crippen LogP contribution in [0.4, 0.5) is 0 Å². The minimum Gasteiger partial charge on any atom is -0.310 e. The van der Waals surface area contributed by atoms with Crippen molar-refractivity contribution in [3.63, 3.8) is 0 Å². The summed E-state index contributed by atoms with van der Waals surface area (Å²) in [4.78, 5) is 3.83. The molecule has 1 nitrogen and oxygen atoms in total. The highest BCUT2D eigenvalue weighted by atomic mass is 14.8. The first-order chi connectivity index (χ1) is 5.21. The topological polar surface area (TPSA) is 4.36 Å². The Balaban J connectivity index is 2.67. The molecule has 1 rings (SSSR count). The molecule has 0 unspecified atom stereocenters. The van der Waals surface area contributed by atoms with Crippen LogP contribution in [0.2, 0.25) is 0 Å². The number of rotatable bonds is 1. The summed E-state index contributed by atoms with van der Waals surface area (Å²) in [5, 5.41) is 0. The monoisotopic (exact) mass is 151 g/mol. The van der Waals surface area contributed by atoms with Crippen molar-refractivity contribution < 1.29 is 0 Å². The van der Waals surface area contributed by atoms with Crippen LogP contribution in [-0.2, 0) is 0 Å². The van der Waals surface area contributed by atoms with E-state index in [4.69, 9.17) is 6.57 Å². The van der Waals surface area contributed by atoms with Crippen LogP contribution in [0.25, 0.3) is 4.85 Å². The predicted octanol–water partition coefficient (Wildman–Crippen LogP) is 3.26. The molecule has 0 N–H and O–H groups in total. The summed E-state index contributed by atoms with van der Waals surface area (Å²) in [6, 6.07) is 0. The van der Waals surface area contributed by atoms with E-state index in [1.807, 2.05) is 0 Å². The average Bonchev–Trinajstić information content (AvgIpc) is 2.05. The highest BCUT2D eigenvalue weighted by molar-refractivity contribution is 5.02. The van der Waals surface area contributed by atoms with Crippen LogP contribution in [0.3, 0.4) is 0 Å². The van der Waals surface area contributed by atoms with Gasteiger partial charge in [0.25, 0.3) is 0 Å². The summed E-state index contributed by atoms with van der Waals surface area (Å²) in [7, 11) is 0. The average molecular weight is 151 g/mol. The van der Waals surface area contributed by atoms with Crippen molar-refractivity contribution in [2.45, 2.75) is 51.5 Å². The molecule has 0 heterocycles. The van der Waals surface area contributed by atoms with Gasteiger partial charge in [0.15, 0.2) is 0 Å². The van der Waals surface area contributed by atoms with Crippen LogP contribution in [0.1, 0.15) is 46.0 Å². The van der Waals surface area contributed by atoms with Crippen LogP contribution in [-0.4, -0.2) is 5.54 Å². The lowest BCUT2D eigenvalue weighted by Gasteiger charge is -2.29. The third kappa shape index (κ3) is 1.56. The predicted molar refractivity (Wildman–Crippen MR) is 47.3 cm³/mol. The molecule has 0 aromatic carbocycles.